The van der Waals surface area contributed by atoms with Crippen LogP contribution in [0.25, 0.3) is 0 Å². The van der Waals surface area contributed by atoms with E-state index >= 15 is 0 Å². The minimum atomic E-state index is -0.393. The van der Waals surface area contributed by atoms with E-state index in [1.54, 1.807) is 19.1 Å². The smallest absolute Gasteiger partial charge is 0.341 e. The summed E-state index contributed by atoms with van der Waals surface area (Å²) >= 11 is 1.46. The Morgan fingerprint density at radius 3 is 2.58 bits per heavy atom. The maximum Gasteiger partial charge on any atom is 0.341 e. The van der Waals surface area contributed by atoms with Gasteiger partial charge in [-0.3, -0.25) is 4.79 Å². The standard InChI is InChI=1S/C25H24FNO3S/c1-2-30-25(29)23-20-13-10-18(17-6-4-3-5-7-17)15-21(20)31-24(23)27-22(28)14-16-8-11-19(26)12-9-16/h3-9,11-12,18H,2,10,13-15H2,1H3,(H,27,28)/t18-/m1/s1. The van der Waals surface area contributed by atoms with Crippen LogP contribution in [0.3, 0.4) is 0 Å². The van der Waals surface area contributed by atoms with Crippen molar-refractivity contribution in [2.75, 3.05) is 11.9 Å². The van der Waals surface area contributed by atoms with Crippen LogP contribution in [0.1, 0.15) is 51.2 Å². The molecule has 1 heterocycles. The van der Waals surface area contributed by atoms with E-state index in [9.17, 15) is 14.0 Å². The Bertz CT molecular complexity index is 1080. The molecule has 1 aliphatic rings. The average molecular weight is 438 g/mol. The van der Waals surface area contributed by atoms with E-state index in [4.69, 9.17) is 4.74 Å². The largest absolute Gasteiger partial charge is 0.462 e. The highest BCUT2D eigenvalue weighted by molar-refractivity contribution is 7.17. The predicted molar refractivity (Wildman–Crippen MR) is 120 cm³/mol. The van der Waals surface area contributed by atoms with Crippen molar-refractivity contribution in [3.05, 3.63) is 87.5 Å². The second-order valence-electron chi connectivity index (χ2n) is 7.63. The lowest BCUT2D eigenvalue weighted by atomic mass is 9.83. The molecular formula is C25H24FNO3S. The molecule has 0 radical (unpaired) electrons. The Labute approximate surface area is 185 Å². The number of fused-ring (bicyclic) bond motifs is 1. The maximum absolute atomic E-state index is 13.1. The van der Waals surface area contributed by atoms with Crippen LogP contribution in [0, 0.1) is 5.82 Å². The van der Waals surface area contributed by atoms with Crippen molar-refractivity contribution in [2.24, 2.45) is 0 Å². The minimum absolute atomic E-state index is 0.109. The molecule has 1 aromatic heterocycles. The van der Waals surface area contributed by atoms with Crippen LogP contribution < -0.4 is 5.32 Å². The molecule has 0 aliphatic heterocycles. The Morgan fingerprint density at radius 2 is 1.87 bits per heavy atom. The van der Waals surface area contributed by atoms with Crippen LogP contribution in [0.15, 0.2) is 54.6 Å². The average Bonchev–Trinajstić information content (AvgIpc) is 3.13. The molecule has 0 saturated heterocycles. The fraction of sp³-hybridized carbons (Fsp3) is 0.280. The number of hydrogen-bond acceptors (Lipinski definition) is 4. The first-order chi connectivity index (χ1) is 15.0. The zero-order valence-electron chi connectivity index (χ0n) is 17.3. The molecule has 3 aromatic rings. The van der Waals surface area contributed by atoms with Crippen molar-refractivity contribution in [3.63, 3.8) is 0 Å². The van der Waals surface area contributed by atoms with Crippen LogP contribution in [-0.2, 0) is 28.8 Å². The molecule has 0 unspecified atom stereocenters. The summed E-state index contributed by atoms with van der Waals surface area (Å²) in [6.07, 6.45) is 2.67. The molecule has 0 fully saturated rings. The highest BCUT2D eigenvalue weighted by Crippen LogP contribution is 2.42. The number of thiophene rings is 1. The topological polar surface area (TPSA) is 55.4 Å². The van der Waals surface area contributed by atoms with E-state index in [2.05, 4.69) is 17.4 Å². The number of anilines is 1. The van der Waals surface area contributed by atoms with Gasteiger partial charge in [0.05, 0.1) is 18.6 Å². The first-order valence-corrected chi connectivity index (χ1v) is 11.3. The van der Waals surface area contributed by atoms with Gasteiger partial charge in [-0.25, -0.2) is 9.18 Å². The monoisotopic (exact) mass is 437 g/mol. The second-order valence-corrected chi connectivity index (χ2v) is 8.74. The fourth-order valence-electron chi connectivity index (χ4n) is 4.06. The summed E-state index contributed by atoms with van der Waals surface area (Å²) in [6.45, 7) is 2.05. The van der Waals surface area contributed by atoms with Gasteiger partial charge in [0.25, 0.3) is 0 Å². The first kappa shape index (κ1) is 21.2. The van der Waals surface area contributed by atoms with Gasteiger partial charge in [-0.1, -0.05) is 42.5 Å². The van der Waals surface area contributed by atoms with E-state index in [1.165, 1.54) is 29.0 Å². The summed E-state index contributed by atoms with van der Waals surface area (Å²) in [5.41, 5.74) is 3.48. The zero-order chi connectivity index (χ0) is 21.8. The van der Waals surface area contributed by atoms with E-state index in [1.807, 2.05) is 18.2 Å². The number of benzene rings is 2. The summed E-state index contributed by atoms with van der Waals surface area (Å²) in [5.74, 6) is -0.580. The molecule has 1 aliphatic carbocycles. The summed E-state index contributed by atoms with van der Waals surface area (Å²) in [4.78, 5) is 26.5. The van der Waals surface area contributed by atoms with E-state index in [0.29, 0.717) is 22.0 Å². The summed E-state index contributed by atoms with van der Waals surface area (Å²) in [7, 11) is 0. The number of hydrogen-bond donors (Lipinski definition) is 1. The third-order valence-corrected chi connectivity index (χ3v) is 6.72. The molecule has 1 amide bonds. The predicted octanol–water partition coefficient (Wildman–Crippen LogP) is 5.52. The first-order valence-electron chi connectivity index (χ1n) is 10.5. The molecule has 0 bridgehead atoms. The Kier molecular flexibility index (Phi) is 6.47. The molecular weight excluding hydrogens is 413 g/mol. The molecule has 2 aromatic carbocycles. The van der Waals surface area contributed by atoms with Crippen molar-refractivity contribution >= 4 is 28.2 Å². The van der Waals surface area contributed by atoms with Crippen LogP contribution in [-0.4, -0.2) is 18.5 Å². The van der Waals surface area contributed by atoms with Crippen LogP contribution in [0.2, 0.25) is 0 Å². The fourth-order valence-corrected chi connectivity index (χ4v) is 5.39. The lowest BCUT2D eigenvalue weighted by Gasteiger charge is -2.23. The van der Waals surface area contributed by atoms with Crippen LogP contribution in [0.4, 0.5) is 9.39 Å². The number of nitrogens with one attached hydrogen (secondary N) is 1. The number of carbonyl (C=O) groups excluding carboxylic acids is 2. The Hall–Kier alpha value is -2.99. The van der Waals surface area contributed by atoms with Crippen molar-refractivity contribution in [1.29, 1.82) is 0 Å². The summed E-state index contributed by atoms with van der Waals surface area (Å²) in [6, 6.07) is 16.2. The molecule has 160 valence electrons. The van der Waals surface area contributed by atoms with Gasteiger partial charge in [0, 0.05) is 4.88 Å². The quantitative estimate of drug-likeness (QED) is 0.517. The van der Waals surface area contributed by atoms with Crippen molar-refractivity contribution < 1.29 is 18.7 Å². The summed E-state index contributed by atoms with van der Waals surface area (Å²) < 4.78 is 18.4. The van der Waals surface area contributed by atoms with E-state index in [-0.39, 0.29) is 24.8 Å². The lowest BCUT2D eigenvalue weighted by molar-refractivity contribution is -0.115. The number of rotatable bonds is 6. The molecule has 31 heavy (non-hydrogen) atoms. The highest BCUT2D eigenvalue weighted by Gasteiger charge is 2.30. The molecule has 4 rings (SSSR count). The van der Waals surface area contributed by atoms with Gasteiger partial charge in [0.15, 0.2) is 0 Å². The normalized spacial score (nSPS) is 15.2. The Balaban J connectivity index is 1.58. The number of ether oxygens (including phenoxy) is 1. The SMILES string of the molecule is CCOC(=O)c1c(NC(=O)Cc2ccc(F)cc2)sc2c1CC[C@@H](c1ccccc1)C2. The van der Waals surface area contributed by atoms with Gasteiger partial charge in [0.1, 0.15) is 10.8 Å². The number of halogens is 1. The van der Waals surface area contributed by atoms with Gasteiger partial charge in [-0.05, 0) is 60.9 Å². The Morgan fingerprint density at radius 1 is 1.13 bits per heavy atom. The van der Waals surface area contributed by atoms with Gasteiger partial charge in [-0.2, -0.15) is 0 Å². The van der Waals surface area contributed by atoms with Crippen molar-refractivity contribution in [1.82, 2.24) is 0 Å². The number of amides is 1. The van der Waals surface area contributed by atoms with Crippen molar-refractivity contribution in [3.8, 4) is 0 Å². The zero-order valence-corrected chi connectivity index (χ0v) is 18.1. The maximum atomic E-state index is 13.1. The molecule has 1 atom stereocenters. The van der Waals surface area contributed by atoms with Gasteiger partial charge < -0.3 is 10.1 Å². The van der Waals surface area contributed by atoms with Crippen LogP contribution in [0.5, 0.6) is 0 Å². The van der Waals surface area contributed by atoms with E-state index < -0.39 is 5.97 Å². The number of esters is 1. The molecule has 6 heteroatoms. The minimum Gasteiger partial charge on any atom is -0.462 e. The molecule has 4 nitrogen and oxygen atoms in total. The van der Waals surface area contributed by atoms with E-state index in [0.717, 1.165) is 29.7 Å². The number of carbonyl (C=O) groups is 2. The van der Waals surface area contributed by atoms with Crippen LogP contribution >= 0.6 is 11.3 Å². The molecule has 0 spiro atoms. The highest BCUT2D eigenvalue weighted by atomic mass is 32.1. The third-order valence-electron chi connectivity index (χ3n) is 5.55. The molecule has 1 N–H and O–H groups in total. The van der Waals surface area contributed by atoms with Gasteiger partial charge in [-0.15, -0.1) is 11.3 Å². The van der Waals surface area contributed by atoms with Gasteiger partial charge in [0.2, 0.25) is 5.91 Å². The van der Waals surface area contributed by atoms with Gasteiger partial charge >= 0.3 is 5.97 Å². The third kappa shape index (κ3) is 4.85. The second kappa shape index (κ2) is 9.43. The molecule has 0 saturated carbocycles. The summed E-state index contributed by atoms with van der Waals surface area (Å²) in [5, 5.41) is 3.46. The van der Waals surface area contributed by atoms with Crippen molar-refractivity contribution in [2.45, 2.75) is 38.5 Å². The lowest BCUT2D eigenvalue weighted by Crippen LogP contribution is -2.18.